The number of imidazole rings is 1. The van der Waals surface area contributed by atoms with Crippen LogP contribution in [0.25, 0.3) is 5.65 Å². The maximum Gasteiger partial charge on any atom is 0.356 e. The van der Waals surface area contributed by atoms with E-state index in [1.54, 1.807) is 19.1 Å². The highest BCUT2D eigenvalue weighted by Crippen LogP contribution is 2.05. The number of aromatic carboxylic acids is 1. The highest BCUT2D eigenvalue weighted by Gasteiger charge is 2.10. The molecule has 2 heterocycles. The van der Waals surface area contributed by atoms with Crippen LogP contribution in [0, 0.1) is 6.92 Å². The smallest absolute Gasteiger partial charge is 0.356 e. The van der Waals surface area contributed by atoms with Crippen LogP contribution in [-0.4, -0.2) is 25.7 Å². The molecule has 0 aliphatic heterocycles. The Kier molecular flexibility index (Phi) is 3.38. The second kappa shape index (κ2) is 4.54. The topological polar surface area (TPSA) is 67.5 Å². The minimum Gasteiger partial charge on any atom is -0.476 e. The zero-order chi connectivity index (χ0) is 11.4. The van der Waals surface area contributed by atoms with Crippen molar-refractivity contribution >= 4 is 11.6 Å². The van der Waals surface area contributed by atoms with Gasteiger partial charge in [0.15, 0.2) is 11.3 Å². The summed E-state index contributed by atoms with van der Waals surface area (Å²) >= 11 is 0. The van der Waals surface area contributed by atoms with Crippen LogP contribution < -0.4 is 0 Å². The predicted molar refractivity (Wildman–Crippen MR) is 56.0 cm³/mol. The molecule has 0 saturated heterocycles. The molecule has 0 unspecified atom stereocenters. The van der Waals surface area contributed by atoms with Gasteiger partial charge in [-0.1, -0.05) is 13.8 Å². The minimum absolute atomic E-state index is 0.0821. The Morgan fingerprint density at radius 1 is 1.40 bits per heavy atom. The first kappa shape index (κ1) is 11.2. The summed E-state index contributed by atoms with van der Waals surface area (Å²) in [5, 5.41) is 12.8. The summed E-state index contributed by atoms with van der Waals surface area (Å²) in [5.41, 5.74) is 1.38. The number of hydrogen-bond donors (Lipinski definition) is 1. The van der Waals surface area contributed by atoms with E-state index in [0.717, 1.165) is 5.69 Å². The maximum absolute atomic E-state index is 10.7. The highest BCUT2D eigenvalue weighted by atomic mass is 16.4. The Hall–Kier alpha value is -1.91. The fourth-order valence-electron chi connectivity index (χ4n) is 1.11. The Bertz CT molecular complexity index is 476. The number of nitrogens with zero attached hydrogens (tertiary/aromatic N) is 3. The fraction of sp³-hybridized carbons (Fsp3) is 0.300. The Morgan fingerprint density at radius 3 is 2.67 bits per heavy atom. The molecule has 0 amide bonds. The summed E-state index contributed by atoms with van der Waals surface area (Å²) in [6.45, 7) is 5.80. The van der Waals surface area contributed by atoms with Gasteiger partial charge in [-0.05, 0) is 19.1 Å². The number of fused-ring (bicyclic) bond motifs is 1. The number of rotatable bonds is 1. The molecule has 0 radical (unpaired) electrons. The SMILES string of the molecule is CC.Cc1ccc2ncc(C(=O)O)n2n1. The van der Waals surface area contributed by atoms with E-state index in [9.17, 15) is 4.79 Å². The number of carboxylic acid groups (broad SMARTS) is 1. The molecule has 15 heavy (non-hydrogen) atoms. The van der Waals surface area contributed by atoms with Crippen LogP contribution in [0.5, 0.6) is 0 Å². The molecule has 5 nitrogen and oxygen atoms in total. The summed E-state index contributed by atoms with van der Waals surface area (Å²) in [6, 6.07) is 3.52. The van der Waals surface area contributed by atoms with Gasteiger partial charge in [-0.2, -0.15) is 5.10 Å². The van der Waals surface area contributed by atoms with Gasteiger partial charge in [0, 0.05) is 0 Å². The molecule has 0 spiro atoms. The molecule has 2 aromatic rings. The van der Waals surface area contributed by atoms with Crippen molar-refractivity contribution in [2.45, 2.75) is 20.8 Å². The molecular formula is C10H13N3O2. The van der Waals surface area contributed by atoms with Crippen molar-refractivity contribution in [3.63, 3.8) is 0 Å². The van der Waals surface area contributed by atoms with Gasteiger partial charge in [0.25, 0.3) is 0 Å². The normalized spacial score (nSPS) is 9.53. The Balaban J connectivity index is 0.000000531. The maximum atomic E-state index is 10.7. The number of carboxylic acids is 1. The van der Waals surface area contributed by atoms with E-state index in [4.69, 9.17) is 5.11 Å². The van der Waals surface area contributed by atoms with Crippen LogP contribution in [0.2, 0.25) is 0 Å². The van der Waals surface area contributed by atoms with Crippen molar-refractivity contribution in [3.8, 4) is 0 Å². The third kappa shape index (κ3) is 2.12. The van der Waals surface area contributed by atoms with Gasteiger partial charge >= 0.3 is 5.97 Å². The number of aryl methyl sites for hydroxylation is 1. The van der Waals surface area contributed by atoms with Gasteiger partial charge in [-0.3, -0.25) is 0 Å². The van der Waals surface area contributed by atoms with Crippen molar-refractivity contribution in [1.82, 2.24) is 14.6 Å². The molecule has 0 aromatic carbocycles. The number of hydrogen-bond acceptors (Lipinski definition) is 3. The second-order valence-corrected chi connectivity index (χ2v) is 2.69. The minimum atomic E-state index is -1.02. The predicted octanol–water partition coefficient (Wildman–Crippen LogP) is 1.76. The quantitative estimate of drug-likeness (QED) is 0.773. The van der Waals surface area contributed by atoms with Crippen molar-refractivity contribution in [1.29, 1.82) is 0 Å². The van der Waals surface area contributed by atoms with Crippen molar-refractivity contribution in [2.24, 2.45) is 0 Å². The summed E-state index contributed by atoms with van der Waals surface area (Å²) in [5.74, 6) is -1.02. The first-order valence-electron chi connectivity index (χ1n) is 4.73. The van der Waals surface area contributed by atoms with Crippen LogP contribution in [0.1, 0.15) is 30.0 Å². The summed E-state index contributed by atoms with van der Waals surface area (Å²) in [7, 11) is 0. The van der Waals surface area contributed by atoms with Crippen molar-refractivity contribution in [3.05, 3.63) is 29.7 Å². The highest BCUT2D eigenvalue weighted by molar-refractivity contribution is 5.86. The fourth-order valence-corrected chi connectivity index (χ4v) is 1.11. The van der Waals surface area contributed by atoms with Crippen molar-refractivity contribution in [2.75, 3.05) is 0 Å². The molecule has 1 N–H and O–H groups in total. The lowest BCUT2D eigenvalue weighted by molar-refractivity contribution is 0.0688. The molecule has 0 bridgehead atoms. The van der Waals surface area contributed by atoms with E-state index in [0.29, 0.717) is 5.65 Å². The van der Waals surface area contributed by atoms with Gasteiger partial charge in [0.1, 0.15) is 0 Å². The van der Waals surface area contributed by atoms with Crippen LogP contribution in [0.15, 0.2) is 18.3 Å². The third-order valence-corrected chi connectivity index (χ3v) is 1.71. The zero-order valence-corrected chi connectivity index (χ0v) is 8.93. The molecular weight excluding hydrogens is 194 g/mol. The van der Waals surface area contributed by atoms with Gasteiger partial charge in [0.05, 0.1) is 11.9 Å². The average molecular weight is 207 g/mol. The molecule has 0 aliphatic carbocycles. The summed E-state index contributed by atoms with van der Waals surface area (Å²) < 4.78 is 1.32. The van der Waals surface area contributed by atoms with Gasteiger partial charge in [0.2, 0.25) is 0 Å². The van der Waals surface area contributed by atoms with Gasteiger partial charge < -0.3 is 5.11 Å². The van der Waals surface area contributed by atoms with Gasteiger partial charge in [-0.15, -0.1) is 0 Å². The summed E-state index contributed by atoms with van der Waals surface area (Å²) in [6.07, 6.45) is 1.30. The largest absolute Gasteiger partial charge is 0.476 e. The number of aromatic nitrogens is 3. The lowest BCUT2D eigenvalue weighted by Crippen LogP contribution is -2.04. The standard InChI is InChI=1S/C8H7N3O2.C2H6/c1-5-2-3-7-9-4-6(8(12)13)11(7)10-5;1-2/h2-4H,1H3,(H,12,13);1-2H3. The van der Waals surface area contributed by atoms with E-state index in [2.05, 4.69) is 10.1 Å². The van der Waals surface area contributed by atoms with Gasteiger partial charge in [-0.25, -0.2) is 14.3 Å². The lowest BCUT2D eigenvalue weighted by Gasteiger charge is -1.96. The monoisotopic (exact) mass is 207 g/mol. The Morgan fingerprint density at radius 2 is 2.07 bits per heavy atom. The average Bonchev–Trinajstić information content (AvgIpc) is 2.63. The Labute approximate surface area is 87.4 Å². The number of carbonyl (C=O) groups is 1. The summed E-state index contributed by atoms with van der Waals surface area (Å²) in [4.78, 5) is 14.6. The molecule has 0 saturated carbocycles. The molecule has 0 aliphatic rings. The molecule has 80 valence electrons. The van der Waals surface area contributed by atoms with Crippen LogP contribution in [-0.2, 0) is 0 Å². The third-order valence-electron chi connectivity index (χ3n) is 1.71. The van der Waals surface area contributed by atoms with Crippen LogP contribution in [0.4, 0.5) is 0 Å². The second-order valence-electron chi connectivity index (χ2n) is 2.69. The van der Waals surface area contributed by atoms with Crippen LogP contribution >= 0.6 is 0 Å². The first-order chi connectivity index (χ1) is 7.18. The molecule has 0 fully saturated rings. The van der Waals surface area contributed by atoms with Crippen molar-refractivity contribution < 1.29 is 9.90 Å². The van der Waals surface area contributed by atoms with E-state index in [1.807, 2.05) is 13.8 Å². The van der Waals surface area contributed by atoms with E-state index in [1.165, 1.54) is 10.7 Å². The van der Waals surface area contributed by atoms with E-state index < -0.39 is 5.97 Å². The molecule has 2 rings (SSSR count). The first-order valence-corrected chi connectivity index (χ1v) is 4.73. The lowest BCUT2D eigenvalue weighted by atomic mass is 10.4. The van der Waals surface area contributed by atoms with E-state index in [-0.39, 0.29) is 5.69 Å². The van der Waals surface area contributed by atoms with E-state index >= 15 is 0 Å². The van der Waals surface area contributed by atoms with Crippen LogP contribution in [0.3, 0.4) is 0 Å². The molecule has 0 atom stereocenters. The molecule has 5 heteroatoms. The molecule has 2 aromatic heterocycles. The zero-order valence-electron chi connectivity index (χ0n) is 8.93.